The number of nitrogens with zero attached hydrogens (tertiary/aromatic N) is 1. The molecule has 0 amide bonds. The number of unbranched alkanes of at least 4 members (excludes halogenated alkanes) is 1. The molecule has 0 aliphatic rings. The molecule has 0 saturated carbocycles. The van der Waals surface area contributed by atoms with E-state index in [1.54, 1.807) is 12.5 Å². The second kappa shape index (κ2) is 4.34. The zero-order valence-corrected chi connectivity index (χ0v) is 9.12. The van der Waals surface area contributed by atoms with E-state index in [2.05, 4.69) is 12.1 Å². The summed E-state index contributed by atoms with van der Waals surface area (Å²) in [6.07, 6.45) is 6.61. The van der Waals surface area contributed by atoms with E-state index in [0.29, 0.717) is 0 Å². The predicted octanol–water partition coefficient (Wildman–Crippen LogP) is 3.59. The summed E-state index contributed by atoms with van der Waals surface area (Å²) in [5.41, 5.74) is 3.01. The molecule has 0 aliphatic heterocycles. The summed E-state index contributed by atoms with van der Waals surface area (Å²) in [4.78, 5) is 0. The Kier molecular flexibility index (Phi) is 2.90. The van der Waals surface area contributed by atoms with E-state index in [4.69, 9.17) is 8.94 Å². The molecular weight excluding hydrogens is 190 g/mol. The molecule has 0 saturated heterocycles. The van der Waals surface area contributed by atoms with Gasteiger partial charge in [0.05, 0.1) is 12.5 Å². The molecule has 0 bridgehead atoms. The van der Waals surface area contributed by atoms with Crippen LogP contribution < -0.4 is 0 Å². The van der Waals surface area contributed by atoms with Gasteiger partial charge in [-0.3, -0.25) is 0 Å². The first-order chi connectivity index (χ1) is 7.33. The van der Waals surface area contributed by atoms with Crippen molar-refractivity contribution in [2.75, 3.05) is 0 Å². The number of aromatic nitrogens is 1. The first-order valence-corrected chi connectivity index (χ1v) is 5.30. The number of rotatable bonds is 4. The molecule has 2 aromatic rings. The second-order valence-electron chi connectivity index (χ2n) is 3.69. The first-order valence-electron chi connectivity index (χ1n) is 5.30. The molecule has 0 unspecified atom stereocenters. The smallest absolute Gasteiger partial charge is 0.140 e. The van der Waals surface area contributed by atoms with Crippen LogP contribution in [0.2, 0.25) is 0 Å². The molecule has 0 atom stereocenters. The van der Waals surface area contributed by atoms with Crippen molar-refractivity contribution in [3.8, 4) is 11.3 Å². The summed E-state index contributed by atoms with van der Waals surface area (Å²) in [5.74, 6) is 0.994. The monoisotopic (exact) mass is 205 g/mol. The molecule has 2 aromatic heterocycles. The highest BCUT2D eigenvalue weighted by atomic mass is 16.5. The van der Waals surface area contributed by atoms with E-state index in [1.165, 1.54) is 6.42 Å². The Morgan fingerprint density at radius 1 is 1.40 bits per heavy atom. The fraction of sp³-hybridized carbons (Fsp3) is 0.417. The third-order valence-corrected chi connectivity index (χ3v) is 2.57. The van der Waals surface area contributed by atoms with Gasteiger partial charge in [0.1, 0.15) is 11.5 Å². The van der Waals surface area contributed by atoms with Crippen LogP contribution in [0.15, 0.2) is 27.5 Å². The highest BCUT2D eigenvalue weighted by Gasteiger charge is 2.13. The molecule has 80 valence electrons. The molecule has 2 rings (SSSR count). The molecule has 15 heavy (non-hydrogen) atoms. The topological polar surface area (TPSA) is 39.2 Å². The Morgan fingerprint density at radius 2 is 2.27 bits per heavy atom. The van der Waals surface area contributed by atoms with Gasteiger partial charge in [0, 0.05) is 17.5 Å². The standard InChI is InChI=1S/C12H15NO2/c1-3-4-5-11-9(2)12(13-15-11)10-6-7-14-8-10/h6-8H,3-5H2,1-2H3. The minimum absolute atomic E-state index is 0.898. The molecule has 0 fully saturated rings. The average molecular weight is 205 g/mol. The van der Waals surface area contributed by atoms with Gasteiger partial charge in [0.15, 0.2) is 0 Å². The van der Waals surface area contributed by atoms with E-state index >= 15 is 0 Å². The summed E-state index contributed by atoms with van der Waals surface area (Å²) in [6, 6.07) is 1.90. The maximum atomic E-state index is 5.33. The van der Waals surface area contributed by atoms with Gasteiger partial charge in [-0.15, -0.1) is 0 Å². The maximum Gasteiger partial charge on any atom is 0.140 e. The van der Waals surface area contributed by atoms with Gasteiger partial charge >= 0.3 is 0 Å². The van der Waals surface area contributed by atoms with Crippen molar-refractivity contribution in [2.24, 2.45) is 0 Å². The quantitative estimate of drug-likeness (QED) is 0.765. The van der Waals surface area contributed by atoms with Crippen LogP contribution in [0.3, 0.4) is 0 Å². The first kappa shape index (κ1) is 10.0. The lowest BCUT2D eigenvalue weighted by molar-refractivity contribution is 0.381. The van der Waals surface area contributed by atoms with Gasteiger partial charge in [0.2, 0.25) is 0 Å². The van der Waals surface area contributed by atoms with Crippen LogP contribution in [0.5, 0.6) is 0 Å². The molecule has 0 radical (unpaired) electrons. The van der Waals surface area contributed by atoms with E-state index in [-0.39, 0.29) is 0 Å². The lowest BCUT2D eigenvalue weighted by Crippen LogP contribution is -1.85. The summed E-state index contributed by atoms with van der Waals surface area (Å²) < 4.78 is 10.4. The average Bonchev–Trinajstić information content (AvgIpc) is 2.84. The summed E-state index contributed by atoms with van der Waals surface area (Å²) in [6.45, 7) is 4.21. The van der Waals surface area contributed by atoms with Crippen molar-refractivity contribution in [3.63, 3.8) is 0 Å². The number of hydrogen-bond donors (Lipinski definition) is 0. The van der Waals surface area contributed by atoms with Crippen LogP contribution in [0, 0.1) is 6.92 Å². The normalized spacial score (nSPS) is 10.8. The summed E-state index contributed by atoms with van der Waals surface area (Å²) >= 11 is 0. The molecule has 0 N–H and O–H groups in total. The van der Waals surface area contributed by atoms with Crippen molar-refractivity contribution in [1.82, 2.24) is 5.16 Å². The zero-order valence-electron chi connectivity index (χ0n) is 9.12. The fourth-order valence-electron chi connectivity index (χ4n) is 1.61. The lowest BCUT2D eigenvalue weighted by Gasteiger charge is -1.94. The van der Waals surface area contributed by atoms with Crippen molar-refractivity contribution in [1.29, 1.82) is 0 Å². The fourth-order valence-corrected chi connectivity index (χ4v) is 1.61. The maximum absolute atomic E-state index is 5.33. The van der Waals surface area contributed by atoms with Gasteiger partial charge in [-0.2, -0.15) is 0 Å². The third-order valence-electron chi connectivity index (χ3n) is 2.57. The highest BCUT2D eigenvalue weighted by molar-refractivity contribution is 5.61. The molecule has 3 nitrogen and oxygen atoms in total. The predicted molar refractivity (Wildman–Crippen MR) is 57.6 cm³/mol. The lowest BCUT2D eigenvalue weighted by atomic mass is 10.1. The van der Waals surface area contributed by atoms with Crippen LogP contribution in [0.1, 0.15) is 31.1 Å². The minimum atomic E-state index is 0.898. The van der Waals surface area contributed by atoms with E-state index < -0.39 is 0 Å². The van der Waals surface area contributed by atoms with E-state index in [0.717, 1.165) is 35.4 Å². The Hall–Kier alpha value is -1.51. The summed E-state index contributed by atoms with van der Waals surface area (Å²) in [7, 11) is 0. The van der Waals surface area contributed by atoms with Crippen molar-refractivity contribution < 1.29 is 8.94 Å². The van der Waals surface area contributed by atoms with Crippen LogP contribution >= 0.6 is 0 Å². The van der Waals surface area contributed by atoms with E-state index in [1.807, 2.05) is 13.0 Å². The Morgan fingerprint density at radius 3 is 2.93 bits per heavy atom. The largest absolute Gasteiger partial charge is 0.472 e. The van der Waals surface area contributed by atoms with Gasteiger partial charge in [-0.05, 0) is 19.4 Å². The summed E-state index contributed by atoms with van der Waals surface area (Å²) in [5, 5.41) is 4.08. The Balaban J connectivity index is 2.24. The molecule has 0 aromatic carbocycles. The van der Waals surface area contributed by atoms with Crippen LogP contribution in [0.25, 0.3) is 11.3 Å². The van der Waals surface area contributed by atoms with Gasteiger partial charge in [-0.25, -0.2) is 0 Å². The van der Waals surface area contributed by atoms with Crippen molar-refractivity contribution in [3.05, 3.63) is 29.9 Å². The van der Waals surface area contributed by atoms with Crippen LogP contribution in [-0.4, -0.2) is 5.16 Å². The molecular formula is C12H15NO2. The van der Waals surface area contributed by atoms with Crippen molar-refractivity contribution >= 4 is 0 Å². The van der Waals surface area contributed by atoms with Crippen LogP contribution in [0.4, 0.5) is 0 Å². The molecule has 2 heterocycles. The Labute approximate surface area is 89.1 Å². The molecule has 3 heteroatoms. The second-order valence-corrected chi connectivity index (χ2v) is 3.69. The van der Waals surface area contributed by atoms with Gasteiger partial charge in [0.25, 0.3) is 0 Å². The van der Waals surface area contributed by atoms with E-state index in [9.17, 15) is 0 Å². The van der Waals surface area contributed by atoms with Gasteiger partial charge < -0.3 is 8.94 Å². The third kappa shape index (κ3) is 1.96. The zero-order chi connectivity index (χ0) is 10.7. The molecule has 0 aliphatic carbocycles. The molecule has 0 spiro atoms. The number of aryl methyl sites for hydroxylation is 1. The Bertz CT molecular complexity index is 415. The highest BCUT2D eigenvalue weighted by Crippen LogP contribution is 2.25. The number of furan rings is 1. The van der Waals surface area contributed by atoms with Crippen LogP contribution in [-0.2, 0) is 6.42 Å². The minimum Gasteiger partial charge on any atom is -0.472 e. The van der Waals surface area contributed by atoms with Gasteiger partial charge in [-0.1, -0.05) is 18.5 Å². The van der Waals surface area contributed by atoms with Crippen molar-refractivity contribution in [2.45, 2.75) is 33.1 Å². The number of hydrogen-bond acceptors (Lipinski definition) is 3. The SMILES string of the molecule is CCCCc1onc(-c2ccoc2)c1C.